The van der Waals surface area contributed by atoms with E-state index >= 15 is 0 Å². The fraction of sp³-hybridized carbons (Fsp3) is 0.250. The van der Waals surface area contributed by atoms with E-state index in [4.69, 9.17) is 0 Å². The highest BCUT2D eigenvalue weighted by atomic mass is 16.2. The molecule has 0 radical (unpaired) electrons. The molecule has 0 aromatic heterocycles. The summed E-state index contributed by atoms with van der Waals surface area (Å²) in [6.45, 7) is 6.83. The molecule has 2 heterocycles. The van der Waals surface area contributed by atoms with E-state index in [-0.39, 0.29) is 24.3 Å². The number of carbonyl (C=O) groups excluding carboxylic acids is 3. The zero-order chi connectivity index (χ0) is 24.7. The number of carbonyl (C=O) groups is 3. The SMILES string of the molecule is CCN(CC)C(=O)CN1C(=O)C2(Nc3ccccc3C(=O)N2c2ccc(C)cc2)c2ccccc21. The van der Waals surface area contributed by atoms with Crippen LogP contribution in [0.5, 0.6) is 0 Å². The standard InChI is InChI=1S/C28H28N4O3/c1-4-30(5-2)25(33)18-31-24-13-9-7-11-22(24)28(27(31)35)29-23-12-8-6-10-21(23)26(34)32(28)20-16-14-19(3)15-17-20/h6-17,29H,4-5,18H2,1-3H3. The van der Waals surface area contributed by atoms with Gasteiger partial charge in [0.25, 0.3) is 11.8 Å². The molecule has 0 aliphatic carbocycles. The van der Waals surface area contributed by atoms with Gasteiger partial charge in [0.1, 0.15) is 6.54 Å². The maximum atomic E-state index is 14.4. The highest BCUT2D eigenvalue weighted by Crippen LogP contribution is 2.49. The molecule has 0 saturated heterocycles. The summed E-state index contributed by atoms with van der Waals surface area (Å²) in [5, 5.41) is 3.42. The van der Waals surface area contributed by atoms with Crippen molar-refractivity contribution in [2.45, 2.75) is 26.4 Å². The average molecular weight is 469 g/mol. The summed E-state index contributed by atoms with van der Waals surface area (Å²) < 4.78 is 0. The second-order valence-corrected chi connectivity index (χ2v) is 8.83. The molecule has 1 N–H and O–H groups in total. The van der Waals surface area contributed by atoms with Gasteiger partial charge in [-0.3, -0.25) is 24.2 Å². The van der Waals surface area contributed by atoms with E-state index in [1.165, 1.54) is 9.80 Å². The molecule has 5 rings (SSSR count). The molecule has 178 valence electrons. The molecule has 2 aliphatic heterocycles. The highest BCUT2D eigenvalue weighted by molar-refractivity contribution is 6.23. The number of anilines is 3. The van der Waals surface area contributed by atoms with E-state index < -0.39 is 5.66 Å². The molecular formula is C28H28N4O3. The van der Waals surface area contributed by atoms with Crippen LogP contribution < -0.4 is 15.1 Å². The number of amides is 3. The zero-order valence-corrected chi connectivity index (χ0v) is 20.1. The number of hydrogen-bond donors (Lipinski definition) is 1. The first-order valence-electron chi connectivity index (χ1n) is 11.9. The summed E-state index contributed by atoms with van der Waals surface area (Å²) in [4.78, 5) is 46.2. The number of aryl methyl sites for hydroxylation is 1. The van der Waals surface area contributed by atoms with E-state index in [1.54, 1.807) is 17.0 Å². The molecule has 3 amide bonds. The van der Waals surface area contributed by atoms with E-state index in [1.807, 2.05) is 81.4 Å². The first-order chi connectivity index (χ1) is 16.9. The number of nitrogens with one attached hydrogen (secondary N) is 1. The fourth-order valence-corrected chi connectivity index (χ4v) is 5.05. The first kappa shape index (κ1) is 22.7. The van der Waals surface area contributed by atoms with Crippen LogP contribution in [-0.2, 0) is 15.3 Å². The van der Waals surface area contributed by atoms with Crippen LogP contribution in [0, 0.1) is 6.92 Å². The van der Waals surface area contributed by atoms with Crippen molar-refractivity contribution in [3.8, 4) is 0 Å². The monoisotopic (exact) mass is 468 g/mol. The molecule has 7 heteroatoms. The van der Waals surface area contributed by atoms with Gasteiger partial charge in [0, 0.05) is 30.0 Å². The highest BCUT2D eigenvalue weighted by Gasteiger charge is 2.60. The van der Waals surface area contributed by atoms with Crippen molar-refractivity contribution in [2.75, 3.05) is 34.8 Å². The van der Waals surface area contributed by atoms with Crippen molar-refractivity contribution in [1.29, 1.82) is 0 Å². The van der Waals surface area contributed by atoms with Gasteiger partial charge < -0.3 is 10.2 Å². The van der Waals surface area contributed by atoms with Gasteiger partial charge in [-0.2, -0.15) is 0 Å². The molecule has 3 aromatic rings. The van der Waals surface area contributed by atoms with Gasteiger partial charge in [-0.15, -0.1) is 0 Å². The Bertz CT molecular complexity index is 1320. The summed E-state index contributed by atoms with van der Waals surface area (Å²) in [7, 11) is 0. The van der Waals surface area contributed by atoms with Crippen molar-refractivity contribution >= 4 is 34.8 Å². The minimum Gasteiger partial charge on any atom is -0.350 e. The lowest BCUT2D eigenvalue weighted by Gasteiger charge is -2.45. The molecule has 0 fully saturated rings. The topological polar surface area (TPSA) is 73.0 Å². The van der Waals surface area contributed by atoms with Gasteiger partial charge in [-0.25, -0.2) is 0 Å². The molecule has 3 aromatic carbocycles. The summed E-state index contributed by atoms with van der Waals surface area (Å²) in [6, 6.07) is 22.1. The number of rotatable bonds is 5. The van der Waals surface area contributed by atoms with E-state index in [2.05, 4.69) is 5.32 Å². The first-order valence-corrected chi connectivity index (χ1v) is 11.9. The number of hydrogen-bond acceptors (Lipinski definition) is 4. The van der Waals surface area contributed by atoms with Gasteiger partial charge in [-0.1, -0.05) is 48.0 Å². The van der Waals surface area contributed by atoms with E-state index in [0.29, 0.717) is 41.3 Å². The van der Waals surface area contributed by atoms with Crippen LogP contribution in [0.1, 0.15) is 35.3 Å². The lowest BCUT2D eigenvalue weighted by Crippen LogP contribution is -2.63. The second-order valence-electron chi connectivity index (χ2n) is 8.83. The zero-order valence-electron chi connectivity index (χ0n) is 20.1. The minimum atomic E-state index is -1.51. The second kappa shape index (κ2) is 8.58. The third kappa shape index (κ3) is 3.38. The van der Waals surface area contributed by atoms with Gasteiger partial charge in [0.05, 0.1) is 11.3 Å². The van der Waals surface area contributed by atoms with Gasteiger partial charge in [-0.05, 0) is 51.1 Å². The third-order valence-corrected chi connectivity index (χ3v) is 6.85. The predicted molar refractivity (Wildman–Crippen MR) is 136 cm³/mol. The molecule has 1 unspecified atom stereocenters. The molecule has 0 saturated carbocycles. The summed E-state index contributed by atoms with van der Waals surface area (Å²) >= 11 is 0. The Kier molecular flexibility index (Phi) is 5.55. The lowest BCUT2D eigenvalue weighted by atomic mass is 9.92. The van der Waals surface area contributed by atoms with Crippen molar-refractivity contribution in [2.24, 2.45) is 0 Å². The van der Waals surface area contributed by atoms with Crippen LogP contribution in [0.15, 0.2) is 72.8 Å². The van der Waals surface area contributed by atoms with Gasteiger partial charge in [0.15, 0.2) is 0 Å². The number of likely N-dealkylation sites (N-methyl/N-ethyl adjacent to an activating group) is 1. The Morgan fingerprint density at radius 3 is 2.29 bits per heavy atom. The smallest absolute Gasteiger partial charge is 0.279 e. The van der Waals surface area contributed by atoms with E-state index in [0.717, 1.165) is 5.56 Å². The Labute approximate surface area is 204 Å². The fourth-order valence-electron chi connectivity index (χ4n) is 5.05. The average Bonchev–Trinajstić information content (AvgIpc) is 3.09. The molecule has 2 aliphatic rings. The van der Waals surface area contributed by atoms with Crippen LogP contribution in [-0.4, -0.2) is 42.3 Å². The summed E-state index contributed by atoms with van der Waals surface area (Å²) in [5.74, 6) is -0.773. The van der Waals surface area contributed by atoms with Gasteiger partial charge >= 0.3 is 0 Å². The van der Waals surface area contributed by atoms with Crippen molar-refractivity contribution in [1.82, 2.24) is 4.90 Å². The summed E-state index contributed by atoms with van der Waals surface area (Å²) in [6.07, 6.45) is 0. The molecule has 0 bridgehead atoms. The normalized spacial score (nSPS) is 18.4. The Hall–Kier alpha value is -4.13. The van der Waals surface area contributed by atoms with E-state index in [9.17, 15) is 14.4 Å². The number of benzene rings is 3. The largest absolute Gasteiger partial charge is 0.350 e. The summed E-state index contributed by atoms with van der Waals surface area (Å²) in [5.41, 5.74) is 2.46. The molecule has 1 spiro atoms. The Balaban J connectivity index is 1.71. The molecule has 1 atom stereocenters. The molecule has 7 nitrogen and oxygen atoms in total. The van der Waals surface area contributed by atoms with Crippen molar-refractivity contribution < 1.29 is 14.4 Å². The maximum absolute atomic E-state index is 14.4. The Morgan fingerprint density at radius 1 is 0.914 bits per heavy atom. The van der Waals surface area contributed by atoms with Crippen LogP contribution in [0.25, 0.3) is 0 Å². The van der Waals surface area contributed by atoms with Crippen molar-refractivity contribution in [3.05, 3.63) is 89.5 Å². The van der Waals surface area contributed by atoms with Gasteiger partial charge in [0.2, 0.25) is 11.6 Å². The lowest BCUT2D eigenvalue weighted by molar-refractivity contribution is -0.131. The predicted octanol–water partition coefficient (Wildman–Crippen LogP) is 4.14. The Morgan fingerprint density at radius 2 is 1.57 bits per heavy atom. The molecular weight excluding hydrogens is 440 g/mol. The number of fused-ring (bicyclic) bond motifs is 3. The number of para-hydroxylation sites is 2. The van der Waals surface area contributed by atoms with Crippen LogP contribution in [0.3, 0.4) is 0 Å². The number of nitrogens with zero attached hydrogens (tertiary/aromatic N) is 3. The van der Waals surface area contributed by atoms with Crippen LogP contribution in [0.4, 0.5) is 17.1 Å². The van der Waals surface area contributed by atoms with Crippen molar-refractivity contribution in [3.63, 3.8) is 0 Å². The minimum absolute atomic E-state index is 0.0987. The van der Waals surface area contributed by atoms with Crippen LogP contribution in [0.2, 0.25) is 0 Å². The maximum Gasteiger partial charge on any atom is 0.279 e. The molecule has 35 heavy (non-hydrogen) atoms. The van der Waals surface area contributed by atoms with Crippen LogP contribution >= 0.6 is 0 Å². The quantitative estimate of drug-likeness (QED) is 0.611. The third-order valence-electron chi connectivity index (χ3n) is 6.85.